The molecular weight excluding hydrogens is 494 g/mol. The summed E-state index contributed by atoms with van der Waals surface area (Å²) in [7, 11) is -1.22. The van der Waals surface area contributed by atoms with Crippen LogP contribution in [0.3, 0.4) is 0 Å². The number of benzene rings is 3. The van der Waals surface area contributed by atoms with E-state index < -0.39 is 9.84 Å². The van der Waals surface area contributed by atoms with Crippen LogP contribution in [0, 0.1) is 6.92 Å². The smallest absolute Gasteiger partial charge is 0.175 e. The van der Waals surface area contributed by atoms with Crippen molar-refractivity contribution in [2.45, 2.75) is 38.3 Å². The Morgan fingerprint density at radius 2 is 1.66 bits per heavy atom. The van der Waals surface area contributed by atoms with Gasteiger partial charge in [0.2, 0.25) is 0 Å². The first-order valence-corrected chi connectivity index (χ1v) is 15.1. The second-order valence-corrected chi connectivity index (χ2v) is 12.6. The highest BCUT2D eigenvalue weighted by molar-refractivity contribution is 7.90. The number of rotatable bonds is 7. The first kappa shape index (κ1) is 26.3. The van der Waals surface area contributed by atoms with Crippen LogP contribution in [-0.4, -0.2) is 61.3 Å². The zero-order valence-corrected chi connectivity index (χ0v) is 23.7. The lowest BCUT2D eigenvalue weighted by Crippen LogP contribution is -2.48. The summed E-state index contributed by atoms with van der Waals surface area (Å²) in [5.74, 6) is 0.940. The molecule has 7 nitrogen and oxygen atoms in total. The van der Waals surface area contributed by atoms with Crippen LogP contribution in [0.25, 0.3) is 22.2 Å². The van der Waals surface area contributed by atoms with E-state index in [2.05, 4.69) is 69.9 Å². The van der Waals surface area contributed by atoms with E-state index in [0.29, 0.717) is 17.5 Å². The highest BCUT2D eigenvalue weighted by atomic mass is 32.2. The Hall–Kier alpha value is -3.36. The van der Waals surface area contributed by atoms with Crippen LogP contribution < -0.4 is 10.2 Å². The highest BCUT2D eigenvalue weighted by Gasteiger charge is 2.19. The van der Waals surface area contributed by atoms with Gasteiger partial charge >= 0.3 is 0 Å². The van der Waals surface area contributed by atoms with Crippen LogP contribution in [0.2, 0.25) is 0 Å². The molecule has 1 fully saturated rings. The van der Waals surface area contributed by atoms with Crippen LogP contribution in [-0.2, 0) is 23.4 Å². The van der Waals surface area contributed by atoms with Crippen molar-refractivity contribution < 1.29 is 8.42 Å². The first-order valence-electron chi connectivity index (χ1n) is 13.2. The number of hydrogen-bond donors (Lipinski definition) is 1. The monoisotopic (exact) mass is 531 g/mol. The van der Waals surface area contributed by atoms with Gasteiger partial charge in [0.1, 0.15) is 11.3 Å². The topological polar surface area (TPSA) is 70.5 Å². The third kappa shape index (κ3) is 5.42. The fourth-order valence-electron chi connectivity index (χ4n) is 5.15. The Balaban J connectivity index is 1.41. The third-order valence-corrected chi connectivity index (χ3v) is 8.74. The molecule has 4 aromatic rings. The maximum atomic E-state index is 12.0. The van der Waals surface area contributed by atoms with E-state index in [1.54, 1.807) is 18.2 Å². The van der Waals surface area contributed by atoms with Gasteiger partial charge < -0.3 is 14.8 Å². The minimum Gasteiger partial charge on any atom is -0.379 e. The summed E-state index contributed by atoms with van der Waals surface area (Å²) >= 11 is 0. The van der Waals surface area contributed by atoms with Crippen LogP contribution in [0.4, 0.5) is 11.4 Å². The lowest BCUT2D eigenvalue weighted by molar-refractivity contribution is 0.209. The van der Waals surface area contributed by atoms with Gasteiger partial charge in [0, 0.05) is 57.8 Å². The number of anilines is 2. The summed E-state index contributed by atoms with van der Waals surface area (Å²) in [6.45, 7) is 11.3. The molecule has 0 radical (unpaired) electrons. The number of hydrogen-bond acceptors (Lipinski definition) is 6. The fourth-order valence-corrected chi connectivity index (χ4v) is 5.84. The molecule has 1 saturated heterocycles. The molecule has 5 rings (SSSR count). The number of piperazine rings is 1. The van der Waals surface area contributed by atoms with Crippen LogP contribution in [0.15, 0.2) is 65.6 Å². The lowest BCUT2D eigenvalue weighted by Gasteiger charge is -2.38. The van der Waals surface area contributed by atoms with Gasteiger partial charge in [-0.05, 0) is 73.9 Å². The van der Waals surface area contributed by atoms with Crippen LogP contribution >= 0.6 is 0 Å². The van der Waals surface area contributed by atoms with E-state index >= 15 is 0 Å². The van der Waals surface area contributed by atoms with Crippen molar-refractivity contribution in [1.82, 2.24) is 14.5 Å². The van der Waals surface area contributed by atoms with E-state index in [0.717, 1.165) is 65.4 Å². The summed E-state index contributed by atoms with van der Waals surface area (Å²) in [6.07, 6.45) is 1.24. The molecule has 1 aliphatic heterocycles. The molecule has 1 aliphatic rings. The average molecular weight is 532 g/mol. The van der Waals surface area contributed by atoms with Crippen molar-refractivity contribution in [3.05, 3.63) is 72.1 Å². The normalized spacial score (nSPS) is 14.9. The van der Waals surface area contributed by atoms with Gasteiger partial charge in [0.05, 0.1) is 16.1 Å². The summed E-state index contributed by atoms with van der Waals surface area (Å²) in [5, 5.41) is 3.53. The van der Waals surface area contributed by atoms with Crippen molar-refractivity contribution in [3.63, 3.8) is 0 Å². The number of sulfone groups is 1. The second kappa shape index (κ2) is 10.4. The molecule has 38 heavy (non-hydrogen) atoms. The van der Waals surface area contributed by atoms with Gasteiger partial charge in [-0.2, -0.15) is 0 Å². The van der Waals surface area contributed by atoms with E-state index in [1.807, 2.05) is 20.0 Å². The maximum absolute atomic E-state index is 12.0. The van der Waals surface area contributed by atoms with Crippen molar-refractivity contribution in [1.29, 1.82) is 0 Å². The molecular formula is C30H37N5O2S. The van der Waals surface area contributed by atoms with E-state index in [4.69, 9.17) is 4.98 Å². The van der Waals surface area contributed by atoms with E-state index in [1.165, 1.54) is 11.9 Å². The van der Waals surface area contributed by atoms with E-state index in [-0.39, 0.29) is 0 Å². The van der Waals surface area contributed by atoms with Crippen molar-refractivity contribution in [3.8, 4) is 11.1 Å². The minimum atomic E-state index is -3.26. The van der Waals surface area contributed by atoms with Gasteiger partial charge in [0.25, 0.3) is 0 Å². The van der Waals surface area contributed by atoms with Gasteiger partial charge in [-0.25, -0.2) is 13.4 Å². The molecule has 0 aliphatic carbocycles. The minimum absolute atomic E-state index is 0.329. The standard InChI is InChI=1S/C30H37N5O2S/c1-21(2)34-13-15-35(16-14-34)26-11-9-24(10-12-26)25-18-28(30-29(19-25)33(4)22(3)32-30)31-20-23-7-6-8-27(17-23)38(5,36)37/h6-12,17-19,21,31H,13-16,20H2,1-5H3. The zero-order chi connectivity index (χ0) is 27.0. The molecule has 0 unspecified atom stereocenters. The molecule has 1 aromatic heterocycles. The fraction of sp³-hybridized carbons (Fsp3) is 0.367. The number of imidazole rings is 1. The molecule has 1 N–H and O–H groups in total. The van der Waals surface area contributed by atoms with Crippen molar-refractivity contribution in [2.24, 2.45) is 7.05 Å². The average Bonchev–Trinajstić information content (AvgIpc) is 3.20. The van der Waals surface area contributed by atoms with Gasteiger partial charge in [-0.3, -0.25) is 4.90 Å². The summed E-state index contributed by atoms with van der Waals surface area (Å²) in [4.78, 5) is 10.1. The Kier molecular flexibility index (Phi) is 7.20. The van der Waals surface area contributed by atoms with Gasteiger partial charge in [-0.1, -0.05) is 24.3 Å². The predicted octanol–water partition coefficient (Wildman–Crippen LogP) is 5.09. The van der Waals surface area contributed by atoms with Crippen molar-refractivity contribution in [2.75, 3.05) is 42.7 Å². The molecule has 0 atom stereocenters. The van der Waals surface area contributed by atoms with Crippen LogP contribution in [0.1, 0.15) is 25.2 Å². The number of aryl methyl sites for hydroxylation is 2. The van der Waals surface area contributed by atoms with Gasteiger partial charge in [-0.15, -0.1) is 0 Å². The molecule has 0 saturated carbocycles. The molecule has 3 aromatic carbocycles. The Labute approximate surface area is 226 Å². The molecule has 2 heterocycles. The summed E-state index contributed by atoms with van der Waals surface area (Å²) in [5.41, 5.74) is 7.33. The SMILES string of the molecule is Cc1nc2c(NCc3cccc(S(C)(=O)=O)c3)cc(-c3ccc(N4CCN(C(C)C)CC4)cc3)cc2n1C. The molecule has 0 bridgehead atoms. The summed E-state index contributed by atoms with van der Waals surface area (Å²) in [6, 6.07) is 20.9. The second-order valence-electron chi connectivity index (χ2n) is 10.5. The first-order chi connectivity index (χ1) is 18.1. The number of fused-ring (bicyclic) bond motifs is 1. The number of nitrogens with one attached hydrogen (secondary N) is 1. The van der Waals surface area contributed by atoms with Gasteiger partial charge in [0.15, 0.2) is 9.84 Å². The number of aromatic nitrogens is 2. The maximum Gasteiger partial charge on any atom is 0.175 e. The Morgan fingerprint density at radius 1 is 0.947 bits per heavy atom. The van der Waals surface area contributed by atoms with Crippen molar-refractivity contribution >= 4 is 32.2 Å². The largest absolute Gasteiger partial charge is 0.379 e. The van der Waals surface area contributed by atoms with E-state index in [9.17, 15) is 8.42 Å². The lowest BCUT2D eigenvalue weighted by atomic mass is 10.0. The Morgan fingerprint density at radius 3 is 2.32 bits per heavy atom. The molecule has 0 amide bonds. The predicted molar refractivity (Wildman–Crippen MR) is 157 cm³/mol. The molecule has 200 valence electrons. The molecule has 8 heteroatoms. The zero-order valence-electron chi connectivity index (χ0n) is 22.9. The Bertz CT molecular complexity index is 1550. The number of nitrogens with zero attached hydrogens (tertiary/aromatic N) is 4. The third-order valence-electron chi connectivity index (χ3n) is 7.63. The van der Waals surface area contributed by atoms with Crippen LogP contribution in [0.5, 0.6) is 0 Å². The molecule has 0 spiro atoms. The summed E-state index contributed by atoms with van der Waals surface area (Å²) < 4.78 is 26.1. The quantitative estimate of drug-likeness (QED) is 0.358. The highest BCUT2D eigenvalue weighted by Crippen LogP contribution is 2.32.